The summed E-state index contributed by atoms with van der Waals surface area (Å²) in [5.41, 5.74) is 1.65. The maximum atomic E-state index is 12.6. The minimum atomic E-state index is -3.03. The molecule has 3 heterocycles. The number of rotatable bonds is 5. The van der Waals surface area contributed by atoms with Crippen LogP contribution in [0.4, 0.5) is 5.13 Å². The van der Waals surface area contributed by atoms with Gasteiger partial charge < -0.3 is 4.74 Å². The van der Waals surface area contributed by atoms with Crippen LogP contribution in [0.1, 0.15) is 39.2 Å². The predicted molar refractivity (Wildman–Crippen MR) is 92.6 cm³/mol. The van der Waals surface area contributed by atoms with Gasteiger partial charge in [0.2, 0.25) is 5.13 Å². The van der Waals surface area contributed by atoms with Gasteiger partial charge in [-0.1, -0.05) is 11.3 Å². The standard InChI is InChI=1S/C14H19N5O4S2/c1-8-12(13(20)15-14-17-16-11(24-14)6-23-3)9(2)19(18-8)10-4-5-25(21,22)7-10/h10H,4-7H2,1-3H3,(H,15,17,20)/t10-/m0/s1. The average Bonchev–Trinajstić information content (AvgIpc) is 3.18. The zero-order valence-electron chi connectivity index (χ0n) is 14.1. The summed E-state index contributed by atoms with van der Waals surface area (Å²) >= 11 is 1.24. The third-order valence-electron chi connectivity index (χ3n) is 4.06. The van der Waals surface area contributed by atoms with Crippen molar-refractivity contribution in [2.45, 2.75) is 32.9 Å². The predicted octanol–water partition coefficient (Wildman–Crippen LogP) is 1.11. The first-order valence-corrected chi connectivity index (χ1v) is 10.3. The number of ether oxygens (including phenoxy) is 1. The maximum Gasteiger partial charge on any atom is 0.261 e. The Morgan fingerprint density at radius 3 is 2.80 bits per heavy atom. The number of carbonyl (C=O) groups excluding carboxylic acids is 1. The number of methoxy groups -OCH3 is 1. The summed E-state index contributed by atoms with van der Waals surface area (Å²) in [5, 5.41) is 16.0. The lowest BCUT2D eigenvalue weighted by molar-refractivity contribution is 0.102. The van der Waals surface area contributed by atoms with Gasteiger partial charge in [0, 0.05) is 12.8 Å². The van der Waals surface area contributed by atoms with E-state index in [0.717, 1.165) is 0 Å². The second-order valence-corrected chi connectivity index (χ2v) is 9.23. The monoisotopic (exact) mass is 385 g/mol. The van der Waals surface area contributed by atoms with Crippen LogP contribution in [0.25, 0.3) is 0 Å². The number of nitrogens with zero attached hydrogens (tertiary/aromatic N) is 4. The van der Waals surface area contributed by atoms with E-state index in [2.05, 4.69) is 20.6 Å². The van der Waals surface area contributed by atoms with Crippen LogP contribution in [-0.2, 0) is 21.2 Å². The molecule has 3 rings (SSSR count). The van der Waals surface area contributed by atoms with Crippen molar-refractivity contribution < 1.29 is 17.9 Å². The smallest absolute Gasteiger partial charge is 0.261 e. The van der Waals surface area contributed by atoms with E-state index in [4.69, 9.17) is 4.74 Å². The molecule has 1 atom stereocenters. The third-order valence-corrected chi connectivity index (χ3v) is 6.62. The normalized spacial score (nSPS) is 19.2. The Labute approximate surface area is 149 Å². The fraction of sp³-hybridized carbons (Fsp3) is 0.571. The molecule has 1 amide bonds. The van der Waals surface area contributed by atoms with Crippen molar-refractivity contribution in [3.8, 4) is 0 Å². The molecule has 11 heteroatoms. The number of aromatic nitrogens is 4. The Bertz CT molecular complexity index is 902. The molecule has 0 radical (unpaired) electrons. The lowest BCUT2D eigenvalue weighted by atomic mass is 10.1. The number of hydrogen-bond donors (Lipinski definition) is 1. The molecule has 136 valence electrons. The van der Waals surface area contributed by atoms with Crippen LogP contribution in [-0.4, -0.2) is 52.9 Å². The Morgan fingerprint density at radius 1 is 1.40 bits per heavy atom. The fourth-order valence-corrected chi connectivity index (χ4v) is 5.36. The third kappa shape index (κ3) is 3.72. The first kappa shape index (κ1) is 18.0. The SMILES string of the molecule is COCc1nnc(NC(=O)c2c(C)nn([C@H]3CCS(=O)(=O)C3)c2C)s1. The molecular formula is C14H19N5O4S2. The van der Waals surface area contributed by atoms with Crippen LogP contribution in [0.3, 0.4) is 0 Å². The van der Waals surface area contributed by atoms with Crippen LogP contribution >= 0.6 is 11.3 Å². The van der Waals surface area contributed by atoms with Crippen LogP contribution < -0.4 is 5.32 Å². The van der Waals surface area contributed by atoms with Gasteiger partial charge in [-0.05, 0) is 20.3 Å². The van der Waals surface area contributed by atoms with Gasteiger partial charge in [0.05, 0.1) is 28.8 Å². The second-order valence-electron chi connectivity index (χ2n) is 5.94. The Hall–Kier alpha value is -1.85. The minimum absolute atomic E-state index is 0.0623. The van der Waals surface area contributed by atoms with E-state index >= 15 is 0 Å². The molecule has 0 spiro atoms. The number of aryl methyl sites for hydroxylation is 1. The summed E-state index contributed by atoms with van der Waals surface area (Å²) in [5.74, 6) is -0.112. The molecule has 1 aliphatic heterocycles. The van der Waals surface area contributed by atoms with E-state index in [9.17, 15) is 13.2 Å². The lowest BCUT2D eigenvalue weighted by Crippen LogP contribution is -2.16. The van der Waals surface area contributed by atoms with Gasteiger partial charge in [-0.3, -0.25) is 14.8 Å². The molecule has 1 aliphatic rings. The quantitative estimate of drug-likeness (QED) is 0.819. The highest BCUT2D eigenvalue weighted by Gasteiger charge is 2.32. The van der Waals surface area contributed by atoms with E-state index in [-0.39, 0.29) is 23.5 Å². The molecule has 0 unspecified atom stereocenters. The first-order chi connectivity index (χ1) is 11.8. The van der Waals surface area contributed by atoms with Crippen molar-refractivity contribution >= 4 is 32.2 Å². The van der Waals surface area contributed by atoms with Crippen molar-refractivity contribution in [1.82, 2.24) is 20.0 Å². The average molecular weight is 385 g/mol. The summed E-state index contributed by atoms with van der Waals surface area (Å²) in [6, 6.07) is -0.222. The molecule has 0 aromatic carbocycles. The van der Waals surface area contributed by atoms with E-state index in [0.29, 0.717) is 40.1 Å². The second kappa shape index (κ2) is 6.81. The Balaban J connectivity index is 1.81. The highest BCUT2D eigenvalue weighted by atomic mass is 32.2. The van der Waals surface area contributed by atoms with Gasteiger partial charge in [0.15, 0.2) is 9.84 Å². The zero-order chi connectivity index (χ0) is 18.2. The number of nitrogens with one attached hydrogen (secondary N) is 1. The zero-order valence-corrected chi connectivity index (χ0v) is 15.8. The number of anilines is 1. The van der Waals surface area contributed by atoms with Gasteiger partial charge in [-0.25, -0.2) is 8.42 Å². The summed E-state index contributed by atoms with van der Waals surface area (Å²) in [6.07, 6.45) is 0.516. The minimum Gasteiger partial charge on any atom is -0.377 e. The van der Waals surface area contributed by atoms with E-state index in [1.807, 2.05) is 0 Å². The Morgan fingerprint density at radius 2 is 2.16 bits per heavy atom. The van der Waals surface area contributed by atoms with Crippen molar-refractivity contribution in [2.75, 3.05) is 23.9 Å². The molecule has 0 bridgehead atoms. The molecule has 1 N–H and O–H groups in total. The van der Waals surface area contributed by atoms with Gasteiger partial charge in [-0.2, -0.15) is 5.10 Å². The fourth-order valence-electron chi connectivity index (χ4n) is 2.96. The largest absolute Gasteiger partial charge is 0.377 e. The molecular weight excluding hydrogens is 366 g/mol. The summed E-state index contributed by atoms with van der Waals surface area (Å²) in [7, 11) is -1.47. The topological polar surface area (TPSA) is 116 Å². The van der Waals surface area contributed by atoms with Crippen LogP contribution in [0.5, 0.6) is 0 Å². The van der Waals surface area contributed by atoms with Crippen LogP contribution in [0.15, 0.2) is 0 Å². The van der Waals surface area contributed by atoms with Crippen molar-refractivity contribution in [3.05, 3.63) is 22.0 Å². The maximum absolute atomic E-state index is 12.6. The van der Waals surface area contributed by atoms with E-state index in [1.54, 1.807) is 25.6 Å². The van der Waals surface area contributed by atoms with E-state index in [1.165, 1.54) is 11.3 Å². The number of amides is 1. The van der Waals surface area contributed by atoms with Crippen molar-refractivity contribution in [1.29, 1.82) is 0 Å². The van der Waals surface area contributed by atoms with Gasteiger partial charge in [0.25, 0.3) is 5.91 Å². The Kier molecular flexibility index (Phi) is 4.89. The molecule has 0 saturated carbocycles. The number of sulfone groups is 1. The van der Waals surface area contributed by atoms with Crippen LogP contribution in [0, 0.1) is 13.8 Å². The molecule has 25 heavy (non-hydrogen) atoms. The van der Waals surface area contributed by atoms with Crippen molar-refractivity contribution in [3.63, 3.8) is 0 Å². The summed E-state index contributed by atoms with van der Waals surface area (Å²) in [4.78, 5) is 12.6. The molecule has 0 aliphatic carbocycles. The van der Waals surface area contributed by atoms with Crippen molar-refractivity contribution in [2.24, 2.45) is 0 Å². The molecule has 2 aromatic heterocycles. The van der Waals surface area contributed by atoms with Crippen LogP contribution in [0.2, 0.25) is 0 Å². The van der Waals surface area contributed by atoms with Gasteiger partial charge in [0.1, 0.15) is 11.6 Å². The summed E-state index contributed by atoms with van der Waals surface area (Å²) < 4.78 is 30.0. The van der Waals surface area contributed by atoms with Gasteiger partial charge in [-0.15, -0.1) is 10.2 Å². The number of hydrogen-bond acceptors (Lipinski definition) is 8. The number of carbonyl (C=O) groups is 1. The van der Waals surface area contributed by atoms with Gasteiger partial charge >= 0.3 is 0 Å². The lowest BCUT2D eigenvalue weighted by Gasteiger charge is -2.11. The first-order valence-electron chi connectivity index (χ1n) is 7.69. The molecule has 1 fully saturated rings. The summed E-state index contributed by atoms with van der Waals surface area (Å²) in [6.45, 7) is 3.84. The molecule has 9 nitrogen and oxygen atoms in total. The molecule has 2 aromatic rings. The molecule has 1 saturated heterocycles. The highest BCUT2D eigenvalue weighted by molar-refractivity contribution is 7.91. The highest BCUT2D eigenvalue weighted by Crippen LogP contribution is 2.27. The van der Waals surface area contributed by atoms with E-state index < -0.39 is 9.84 Å².